The van der Waals surface area contributed by atoms with E-state index >= 15 is 0 Å². The van der Waals surface area contributed by atoms with E-state index in [1.54, 1.807) is 6.07 Å². The van der Waals surface area contributed by atoms with E-state index in [-0.39, 0.29) is 5.41 Å². The van der Waals surface area contributed by atoms with Crippen molar-refractivity contribution >= 4 is 23.3 Å². The summed E-state index contributed by atoms with van der Waals surface area (Å²) in [5, 5.41) is 13.6. The zero-order chi connectivity index (χ0) is 15.0. The predicted molar refractivity (Wildman–Crippen MR) is 82.2 cm³/mol. The summed E-state index contributed by atoms with van der Waals surface area (Å²) in [5.74, 6) is -0.429. The summed E-state index contributed by atoms with van der Waals surface area (Å²) in [7, 11) is 0. The third kappa shape index (κ3) is 3.09. The zero-order valence-corrected chi connectivity index (χ0v) is 13.0. The Kier molecular flexibility index (Phi) is 4.01. The minimum absolute atomic E-state index is 0.00428. The van der Waals surface area contributed by atoms with Gasteiger partial charge in [-0.15, -0.1) is 0 Å². The summed E-state index contributed by atoms with van der Waals surface area (Å²) in [4.78, 5) is 11.9. The number of hydrogen-bond donors (Lipinski definition) is 2. The second kappa shape index (κ2) is 5.28. The summed E-state index contributed by atoms with van der Waals surface area (Å²) >= 11 is 6.16. The van der Waals surface area contributed by atoms with E-state index < -0.39 is 11.5 Å². The molecule has 1 saturated carbocycles. The first-order valence-electron chi connectivity index (χ1n) is 7.00. The minimum atomic E-state index is -0.938. The molecule has 2 atom stereocenters. The normalized spacial score (nSPS) is 28.9. The van der Waals surface area contributed by atoms with Crippen molar-refractivity contribution in [2.24, 2.45) is 11.3 Å². The van der Waals surface area contributed by atoms with Gasteiger partial charge in [0.25, 0.3) is 0 Å². The van der Waals surface area contributed by atoms with Crippen molar-refractivity contribution in [2.75, 3.05) is 5.32 Å². The van der Waals surface area contributed by atoms with Crippen LogP contribution in [-0.2, 0) is 4.79 Å². The maximum atomic E-state index is 11.9. The van der Waals surface area contributed by atoms with Crippen molar-refractivity contribution in [3.05, 3.63) is 29.3 Å². The molecule has 1 aliphatic rings. The van der Waals surface area contributed by atoms with Crippen LogP contribution in [0.2, 0.25) is 5.02 Å². The molecule has 1 fully saturated rings. The smallest absolute Gasteiger partial charge is 0.329 e. The van der Waals surface area contributed by atoms with Crippen LogP contribution in [0.1, 0.15) is 40.0 Å². The minimum Gasteiger partial charge on any atom is -0.480 e. The van der Waals surface area contributed by atoms with Gasteiger partial charge in [0.2, 0.25) is 0 Å². The van der Waals surface area contributed by atoms with Gasteiger partial charge in [0.15, 0.2) is 0 Å². The lowest BCUT2D eigenvalue weighted by Gasteiger charge is -2.46. The highest BCUT2D eigenvalue weighted by Crippen LogP contribution is 2.46. The highest BCUT2D eigenvalue weighted by Gasteiger charge is 2.48. The Morgan fingerprint density at radius 2 is 2.00 bits per heavy atom. The molecule has 0 radical (unpaired) electrons. The number of carboxylic acids is 1. The number of aliphatic carboxylic acids is 1. The van der Waals surface area contributed by atoms with Gasteiger partial charge in [0, 0.05) is 0 Å². The molecule has 20 heavy (non-hydrogen) atoms. The van der Waals surface area contributed by atoms with Crippen molar-refractivity contribution in [1.82, 2.24) is 0 Å². The summed E-state index contributed by atoms with van der Waals surface area (Å²) < 4.78 is 0. The molecule has 110 valence electrons. The van der Waals surface area contributed by atoms with E-state index in [0.717, 1.165) is 6.42 Å². The Morgan fingerprint density at radius 3 is 2.55 bits per heavy atom. The van der Waals surface area contributed by atoms with Crippen LogP contribution in [0.25, 0.3) is 0 Å². The number of carbonyl (C=O) groups is 1. The number of carboxylic acid groups (broad SMARTS) is 1. The number of halogens is 1. The van der Waals surface area contributed by atoms with Crippen LogP contribution in [-0.4, -0.2) is 16.6 Å². The Balaban J connectivity index is 2.36. The van der Waals surface area contributed by atoms with E-state index in [9.17, 15) is 9.90 Å². The van der Waals surface area contributed by atoms with Crippen molar-refractivity contribution in [1.29, 1.82) is 0 Å². The van der Waals surface area contributed by atoms with Gasteiger partial charge in [-0.3, -0.25) is 0 Å². The average molecular weight is 296 g/mol. The standard InChI is InChI=1S/C16H22ClNO2/c1-11-8-15(2,3)10-16(9-11,14(19)20)18-13-7-5-4-6-12(13)17/h4-7,11,18H,8-10H2,1-3H3,(H,19,20). The molecule has 0 amide bonds. The van der Waals surface area contributed by atoms with E-state index in [1.807, 2.05) is 18.2 Å². The molecule has 0 aliphatic heterocycles. The number of hydrogen-bond acceptors (Lipinski definition) is 2. The molecule has 1 aliphatic carbocycles. The van der Waals surface area contributed by atoms with Crippen molar-refractivity contribution in [3.8, 4) is 0 Å². The van der Waals surface area contributed by atoms with Crippen LogP contribution in [0.3, 0.4) is 0 Å². The lowest BCUT2D eigenvalue weighted by Crippen LogP contribution is -2.53. The van der Waals surface area contributed by atoms with Gasteiger partial charge in [0.05, 0.1) is 10.7 Å². The molecule has 0 saturated heterocycles. The molecule has 2 N–H and O–H groups in total. The summed E-state index contributed by atoms with van der Waals surface area (Å²) in [6.07, 6.45) is 2.27. The highest BCUT2D eigenvalue weighted by molar-refractivity contribution is 6.33. The maximum absolute atomic E-state index is 11.9. The molecular formula is C16H22ClNO2. The lowest BCUT2D eigenvalue weighted by atomic mass is 9.64. The topological polar surface area (TPSA) is 49.3 Å². The quantitative estimate of drug-likeness (QED) is 0.868. The number of anilines is 1. The number of nitrogens with one attached hydrogen (secondary N) is 1. The van der Waals surface area contributed by atoms with Crippen molar-refractivity contribution in [2.45, 2.75) is 45.6 Å². The van der Waals surface area contributed by atoms with Gasteiger partial charge in [-0.25, -0.2) is 4.79 Å². The number of para-hydroxylation sites is 1. The molecule has 1 aromatic carbocycles. The van der Waals surface area contributed by atoms with Gasteiger partial charge in [-0.1, -0.05) is 44.5 Å². The molecular weight excluding hydrogens is 274 g/mol. The van der Waals surface area contributed by atoms with Gasteiger partial charge < -0.3 is 10.4 Å². The fraction of sp³-hybridized carbons (Fsp3) is 0.562. The third-order valence-corrected chi connectivity index (χ3v) is 4.37. The molecule has 3 nitrogen and oxygen atoms in total. The number of rotatable bonds is 3. The summed E-state index contributed by atoms with van der Waals surface area (Å²) in [5.41, 5.74) is -0.238. The van der Waals surface area contributed by atoms with Gasteiger partial charge in [-0.2, -0.15) is 0 Å². The second-order valence-corrected chi connectivity index (χ2v) is 7.25. The SMILES string of the molecule is CC1CC(C)(C)CC(Nc2ccccc2Cl)(C(=O)O)C1. The average Bonchev–Trinajstić information content (AvgIpc) is 2.29. The molecule has 0 spiro atoms. The molecule has 1 aromatic rings. The molecule has 0 heterocycles. The Morgan fingerprint density at radius 1 is 1.35 bits per heavy atom. The molecule has 2 unspecified atom stereocenters. The first-order chi connectivity index (χ1) is 9.24. The fourth-order valence-electron chi connectivity index (χ4n) is 3.70. The van der Waals surface area contributed by atoms with Gasteiger partial charge in [0.1, 0.15) is 5.54 Å². The first kappa shape index (κ1) is 15.2. The van der Waals surface area contributed by atoms with E-state index in [2.05, 4.69) is 26.1 Å². The third-order valence-electron chi connectivity index (χ3n) is 4.04. The van der Waals surface area contributed by atoms with Crippen LogP contribution in [0, 0.1) is 11.3 Å². The largest absolute Gasteiger partial charge is 0.480 e. The van der Waals surface area contributed by atoms with E-state index in [0.29, 0.717) is 29.5 Å². The molecule has 0 aromatic heterocycles. The van der Waals surface area contributed by atoms with Gasteiger partial charge in [-0.05, 0) is 42.7 Å². The van der Waals surface area contributed by atoms with Crippen LogP contribution < -0.4 is 5.32 Å². The highest BCUT2D eigenvalue weighted by atomic mass is 35.5. The monoisotopic (exact) mass is 295 g/mol. The van der Waals surface area contributed by atoms with Gasteiger partial charge >= 0.3 is 5.97 Å². The second-order valence-electron chi connectivity index (χ2n) is 6.85. The predicted octanol–water partition coefficient (Wildman–Crippen LogP) is 4.42. The Labute approximate surface area is 125 Å². The molecule has 2 rings (SSSR count). The summed E-state index contributed by atoms with van der Waals surface area (Å²) in [6, 6.07) is 7.31. The molecule has 4 heteroatoms. The summed E-state index contributed by atoms with van der Waals surface area (Å²) in [6.45, 7) is 6.39. The van der Waals surface area contributed by atoms with Crippen molar-refractivity contribution in [3.63, 3.8) is 0 Å². The Bertz CT molecular complexity index is 515. The van der Waals surface area contributed by atoms with Crippen LogP contribution in [0.15, 0.2) is 24.3 Å². The van der Waals surface area contributed by atoms with E-state index in [1.165, 1.54) is 0 Å². The number of benzene rings is 1. The van der Waals surface area contributed by atoms with Crippen molar-refractivity contribution < 1.29 is 9.90 Å². The fourth-order valence-corrected chi connectivity index (χ4v) is 3.89. The van der Waals surface area contributed by atoms with Crippen LogP contribution in [0.5, 0.6) is 0 Å². The Hall–Kier alpha value is -1.22. The van der Waals surface area contributed by atoms with E-state index in [4.69, 9.17) is 11.6 Å². The lowest BCUT2D eigenvalue weighted by molar-refractivity contribution is -0.145. The zero-order valence-electron chi connectivity index (χ0n) is 12.2. The van der Waals surface area contributed by atoms with Crippen LogP contribution >= 0.6 is 11.6 Å². The maximum Gasteiger partial charge on any atom is 0.329 e. The first-order valence-corrected chi connectivity index (χ1v) is 7.38. The van der Waals surface area contributed by atoms with Crippen LogP contribution in [0.4, 0.5) is 5.69 Å². The molecule has 0 bridgehead atoms.